The fourth-order valence-corrected chi connectivity index (χ4v) is 1.97. The molecule has 1 aliphatic carbocycles. The predicted octanol–water partition coefficient (Wildman–Crippen LogP) is 2.56. The number of nitrogens with one attached hydrogen (secondary N) is 1. The van der Waals surface area contributed by atoms with Crippen molar-refractivity contribution in [2.75, 3.05) is 13.2 Å². The number of nitrogens with zero attached hydrogens (tertiary/aromatic N) is 1. The van der Waals surface area contributed by atoms with Crippen LogP contribution in [0.2, 0.25) is 0 Å². The van der Waals surface area contributed by atoms with E-state index in [0.29, 0.717) is 6.10 Å². The smallest absolute Gasteiger partial charge is 0.0559 e. The van der Waals surface area contributed by atoms with E-state index in [9.17, 15) is 0 Å². The molecule has 1 N–H and O–H groups in total. The Hall–Kier alpha value is -0.930. The van der Waals surface area contributed by atoms with Crippen LogP contribution >= 0.6 is 0 Å². The van der Waals surface area contributed by atoms with Gasteiger partial charge in [0.2, 0.25) is 0 Å². The number of pyridine rings is 1. The molecule has 1 atom stereocenters. The Morgan fingerprint density at radius 3 is 2.89 bits per heavy atom. The topological polar surface area (TPSA) is 34.1 Å². The zero-order valence-corrected chi connectivity index (χ0v) is 11.3. The highest BCUT2D eigenvalue weighted by Gasteiger charge is 2.19. The first kappa shape index (κ1) is 13.5. The summed E-state index contributed by atoms with van der Waals surface area (Å²) in [6.07, 6.45) is 10.1. The van der Waals surface area contributed by atoms with E-state index in [2.05, 4.69) is 29.4 Å². The zero-order chi connectivity index (χ0) is 12.6. The average Bonchev–Trinajstić information content (AvgIpc) is 3.20. The van der Waals surface area contributed by atoms with Gasteiger partial charge < -0.3 is 10.1 Å². The summed E-state index contributed by atoms with van der Waals surface area (Å²) in [5.41, 5.74) is 1.34. The Balaban J connectivity index is 1.46. The second kappa shape index (κ2) is 7.49. The third-order valence-corrected chi connectivity index (χ3v) is 3.32. The summed E-state index contributed by atoms with van der Waals surface area (Å²) < 4.78 is 5.81. The number of aromatic nitrogens is 1. The van der Waals surface area contributed by atoms with E-state index in [-0.39, 0.29) is 0 Å². The van der Waals surface area contributed by atoms with Gasteiger partial charge in [0.25, 0.3) is 0 Å². The van der Waals surface area contributed by atoms with Gasteiger partial charge in [-0.3, -0.25) is 4.98 Å². The van der Waals surface area contributed by atoms with Crippen molar-refractivity contribution in [3.05, 3.63) is 30.1 Å². The van der Waals surface area contributed by atoms with Gasteiger partial charge in [-0.15, -0.1) is 0 Å². The quantitative estimate of drug-likeness (QED) is 0.682. The van der Waals surface area contributed by atoms with Crippen LogP contribution in [-0.4, -0.2) is 30.3 Å². The monoisotopic (exact) mass is 248 g/mol. The minimum absolute atomic E-state index is 0.369. The Bertz CT molecular complexity index is 325. The molecule has 1 aromatic heterocycles. The molecule has 1 heterocycles. The number of aryl methyl sites for hydroxylation is 1. The Morgan fingerprint density at radius 2 is 2.17 bits per heavy atom. The molecular weight excluding hydrogens is 224 g/mol. The fourth-order valence-electron chi connectivity index (χ4n) is 1.97. The molecule has 100 valence electrons. The lowest BCUT2D eigenvalue weighted by Gasteiger charge is -2.13. The lowest BCUT2D eigenvalue weighted by atomic mass is 10.1. The van der Waals surface area contributed by atoms with E-state index in [1.165, 1.54) is 18.4 Å². The number of ether oxygens (including phenoxy) is 1. The molecule has 1 fully saturated rings. The molecule has 3 heteroatoms. The minimum atomic E-state index is 0.369. The first-order valence-corrected chi connectivity index (χ1v) is 7.08. The van der Waals surface area contributed by atoms with E-state index in [4.69, 9.17) is 4.74 Å². The summed E-state index contributed by atoms with van der Waals surface area (Å²) in [5, 5.41) is 3.52. The molecule has 3 nitrogen and oxygen atoms in total. The van der Waals surface area contributed by atoms with Crippen LogP contribution in [0.1, 0.15) is 38.2 Å². The lowest BCUT2D eigenvalue weighted by molar-refractivity contribution is 0.0589. The third-order valence-electron chi connectivity index (χ3n) is 3.32. The van der Waals surface area contributed by atoms with Crippen molar-refractivity contribution in [3.63, 3.8) is 0 Å². The number of hydrogen-bond acceptors (Lipinski definition) is 3. The van der Waals surface area contributed by atoms with E-state index < -0.39 is 0 Å². The first-order valence-electron chi connectivity index (χ1n) is 7.08. The molecule has 0 saturated heterocycles. The maximum Gasteiger partial charge on any atom is 0.0559 e. The van der Waals surface area contributed by atoms with E-state index in [0.717, 1.165) is 38.5 Å². The molecule has 0 bridgehead atoms. The average molecular weight is 248 g/mol. The standard InChI is InChI=1S/C15H24N2O/c1-13(6-11-17-15-4-5-15)18-12-2-3-14-7-9-16-10-8-14/h7-10,13,15,17H,2-6,11-12H2,1H3. The van der Waals surface area contributed by atoms with Crippen molar-refractivity contribution in [1.82, 2.24) is 10.3 Å². The highest BCUT2D eigenvalue weighted by atomic mass is 16.5. The Kier molecular flexibility index (Phi) is 5.62. The van der Waals surface area contributed by atoms with Crippen LogP contribution in [0.25, 0.3) is 0 Å². The summed E-state index contributed by atoms with van der Waals surface area (Å²) in [4.78, 5) is 4.02. The summed E-state index contributed by atoms with van der Waals surface area (Å²) in [7, 11) is 0. The zero-order valence-electron chi connectivity index (χ0n) is 11.3. The molecule has 0 amide bonds. The van der Waals surface area contributed by atoms with Crippen LogP contribution in [0.15, 0.2) is 24.5 Å². The van der Waals surface area contributed by atoms with Gasteiger partial charge in [-0.05, 0) is 63.3 Å². The molecule has 1 aromatic rings. The van der Waals surface area contributed by atoms with Gasteiger partial charge in [-0.2, -0.15) is 0 Å². The molecule has 0 aliphatic heterocycles. The number of hydrogen-bond donors (Lipinski definition) is 1. The van der Waals surface area contributed by atoms with Crippen molar-refractivity contribution in [3.8, 4) is 0 Å². The van der Waals surface area contributed by atoms with E-state index in [1.54, 1.807) is 0 Å². The Labute approximate surface area is 110 Å². The van der Waals surface area contributed by atoms with Crippen LogP contribution in [-0.2, 0) is 11.2 Å². The third kappa shape index (κ3) is 5.61. The van der Waals surface area contributed by atoms with Crippen molar-refractivity contribution in [1.29, 1.82) is 0 Å². The predicted molar refractivity (Wildman–Crippen MR) is 73.6 cm³/mol. The van der Waals surface area contributed by atoms with Crippen LogP contribution in [0, 0.1) is 0 Å². The molecule has 0 radical (unpaired) electrons. The van der Waals surface area contributed by atoms with E-state index >= 15 is 0 Å². The second-order valence-electron chi connectivity index (χ2n) is 5.16. The molecule has 1 aliphatic rings. The van der Waals surface area contributed by atoms with Crippen molar-refractivity contribution in [2.45, 2.75) is 51.2 Å². The molecular formula is C15H24N2O. The van der Waals surface area contributed by atoms with Crippen LogP contribution in [0.4, 0.5) is 0 Å². The summed E-state index contributed by atoms with van der Waals surface area (Å²) in [6, 6.07) is 4.95. The maximum absolute atomic E-state index is 5.81. The minimum Gasteiger partial charge on any atom is -0.378 e. The first-order chi connectivity index (χ1) is 8.84. The van der Waals surface area contributed by atoms with Gasteiger partial charge in [0.05, 0.1) is 6.10 Å². The van der Waals surface area contributed by atoms with Crippen LogP contribution in [0.3, 0.4) is 0 Å². The molecule has 0 aromatic carbocycles. The van der Waals surface area contributed by atoms with Crippen LogP contribution in [0.5, 0.6) is 0 Å². The molecule has 1 unspecified atom stereocenters. The highest BCUT2D eigenvalue weighted by molar-refractivity contribution is 5.09. The SMILES string of the molecule is CC(CCNC1CC1)OCCCc1ccncc1. The summed E-state index contributed by atoms with van der Waals surface area (Å²) >= 11 is 0. The van der Waals surface area contributed by atoms with Gasteiger partial charge >= 0.3 is 0 Å². The lowest BCUT2D eigenvalue weighted by Crippen LogP contribution is -2.22. The van der Waals surface area contributed by atoms with Crippen LogP contribution < -0.4 is 5.32 Å². The Morgan fingerprint density at radius 1 is 1.39 bits per heavy atom. The maximum atomic E-state index is 5.81. The van der Waals surface area contributed by atoms with E-state index in [1.807, 2.05) is 12.4 Å². The summed E-state index contributed by atoms with van der Waals surface area (Å²) in [5.74, 6) is 0. The van der Waals surface area contributed by atoms with Crippen molar-refractivity contribution < 1.29 is 4.74 Å². The normalized spacial score (nSPS) is 16.7. The van der Waals surface area contributed by atoms with Gasteiger partial charge in [0.15, 0.2) is 0 Å². The summed E-state index contributed by atoms with van der Waals surface area (Å²) in [6.45, 7) is 4.12. The molecule has 0 spiro atoms. The largest absolute Gasteiger partial charge is 0.378 e. The molecule has 1 saturated carbocycles. The van der Waals surface area contributed by atoms with Crippen molar-refractivity contribution >= 4 is 0 Å². The molecule has 2 rings (SSSR count). The highest BCUT2D eigenvalue weighted by Crippen LogP contribution is 2.18. The second-order valence-corrected chi connectivity index (χ2v) is 5.16. The van der Waals surface area contributed by atoms with Gasteiger partial charge in [0, 0.05) is 25.0 Å². The number of rotatable bonds is 9. The van der Waals surface area contributed by atoms with Gasteiger partial charge in [-0.1, -0.05) is 0 Å². The van der Waals surface area contributed by atoms with Gasteiger partial charge in [-0.25, -0.2) is 0 Å². The molecule has 18 heavy (non-hydrogen) atoms. The van der Waals surface area contributed by atoms with Gasteiger partial charge in [0.1, 0.15) is 0 Å². The van der Waals surface area contributed by atoms with Crippen molar-refractivity contribution in [2.24, 2.45) is 0 Å². The fraction of sp³-hybridized carbons (Fsp3) is 0.667.